The fourth-order valence-corrected chi connectivity index (χ4v) is 3.78. The molecule has 1 aliphatic rings. The Morgan fingerprint density at radius 2 is 2.03 bits per heavy atom. The summed E-state index contributed by atoms with van der Waals surface area (Å²) in [5.74, 6) is 0.129. The second-order valence-corrected chi connectivity index (χ2v) is 7.42. The van der Waals surface area contributed by atoms with Gasteiger partial charge in [-0.3, -0.25) is 4.68 Å². The van der Waals surface area contributed by atoms with Gasteiger partial charge in [-0.1, -0.05) is 31.4 Å². The van der Waals surface area contributed by atoms with Crippen LogP contribution in [0.15, 0.2) is 42.9 Å². The number of ether oxygens (including phenoxy) is 1. The van der Waals surface area contributed by atoms with E-state index in [1.807, 2.05) is 31.5 Å². The first-order chi connectivity index (χ1) is 14.1. The van der Waals surface area contributed by atoms with E-state index in [9.17, 15) is 4.79 Å². The van der Waals surface area contributed by atoms with E-state index < -0.39 is 0 Å². The fraction of sp³-hybridized carbons (Fsp3) is 0.364. The van der Waals surface area contributed by atoms with Crippen LogP contribution in [-0.4, -0.2) is 32.8 Å². The average molecular weight is 391 g/mol. The minimum atomic E-state index is -0.368. The molecule has 150 valence electrons. The number of anilines is 2. The zero-order valence-corrected chi connectivity index (χ0v) is 16.8. The van der Waals surface area contributed by atoms with E-state index in [0.717, 1.165) is 22.5 Å². The van der Waals surface area contributed by atoms with Crippen LogP contribution in [0.25, 0.3) is 11.3 Å². The van der Waals surface area contributed by atoms with Crippen molar-refractivity contribution in [1.82, 2.24) is 19.7 Å². The Bertz CT molecular complexity index is 1010. The number of esters is 1. The van der Waals surface area contributed by atoms with E-state index in [1.54, 1.807) is 18.3 Å². The number of rotatable bonds is 5. The van der Waals surface area contributed by atoms with Crippen molar-refractivity contribution in [2.24, 2.45) is 0 Å². The molecule has 29 heavy (non-hydrogen) atoms. The number of benzene rings is 1. The SMILES string of the molecule is COC(=O)c1cccc(-c2nc(Nc3cnn(C4CCCCC4)c3)ncc2C)c1. The number of aryl methyl sites for hydroxylation is 1. The summed E-state index contributed by atoms with van der Waals surface area (Å²) >= 11 is 0. The number of carbonyl (C=O) groups excluding carboxylic acids is 1. The average Bonchev–Trinajstić information content (AvgIpc) is 3.24. The monoisotopic (exact) mass is 391 g/mol. The standard InChI is InChI=1S/C22H25N5O2/c1-15-12-23-22(25-18-13-24-27(14-18)19-9-4-3-5-10-19)26-20(15)16-7-6-8-17(11-16)21(28)29-2/h6-8,11-14,19H,3-5,9-10H2,1-2H3,(H,23,25,26). The molecule has 1 saturated carbocycles. The van der Waals surface area contributed by atoms with Crippen LogP contribution in [0.1, 0.15) is 54.1 Å². The number of methoxy groups -OCH3 is 1. The highest BCUT2D eigenvalue weighted by atomic mass is 16.5. The molecule has 0 saturated heterocycles. The normalized spacial score (nSPS) is 14.6. The van der Waals surface area contributed by atoms with Crippen molar-refractivity contribution in [2.45, 2.75) is 45.1 Å². The molecular formula is C22H25N5O2. The third-order valence-corrected chi connectivity index (χ3v) is 5.34. The van der Waals surface area contributed by atoms with Crippen LogP contribution >= 0.6 is 0 Å². The molecule has 0 unspecified atom stereocenters. The second-order valence-electron chi connectivity index (χ2n) is 7.42. The summed E-state index contributed by atoms with van der Waals surface area (Å²) in [6, 6.07) is 7.74. The Kier molecular flexibility index (Phi) is 5.55. The maximum absolute atomic E-state index is 11.8. The summed E-state index contributed by atoms with van der Waals surface area (Å²) in [6.45, 7) is 1.95. The minimum absolute atomic E-state index is 0.368. The lowest BCUT2D eigenvalue weighted by Crippen LogP contribution is -2.12. The Hall–Kier alpha value is -3.22. The molecule has 0 atom stereocenters. The Morgan fingerprint density at radius 3 is 2.83 bits per heavy atom. The molecule has 0 amide bonds. The molecule has 7 nitrogen and oxygen atoms in total. The lowest BCUT2D eigenvalue weighted by atomic mass is 9.96. The zero-order valence-electron chi connectivity index (χ0n) is 16.8. The summed E-state index contributed by atoms with van der Waals surface area (Å²) < 4.78 is 6.87. The van der Waals surface area contributed by atoms with Crippen LogP contribution in [0.5, 0.6) is 0 Å². The second kappa shape index (κ2) is 8.43. The Morgan fingerprint density at radius 1 is 1.21 bits per heavy atom. The molecule has 2 heterocycles. The first kappa shape index (κ1) is 19.1. The highest BCUT2D eigenvalue weighted by Gasteiger charge is 2.16. The molecule has 0 spiro atoms. The summed E-state index contributed by atoms with van der Waals surface area (Å²) in [5.41, 5.74) is 3.90. The van der Waals surface area contributed by atoms with Gasteiger partial charge in [-0.2, -0.15) is 5.10 Å². The summed E-state index contributed by atoms with van der Waals surface area (Å²) in [6.07, 6.45) is 11.8. The van der Waals surface area contributed by atoms with Crippen molar-refractivity contribution in [1.29, 1.82) is 0 Å². The number of aromatic nitrogens is 4. The predicted octanol–water partition coefficient (Wildman–Crippen LogP) is 4.68. The van der Waals surface area contributed by atoms with Gasteiger partial charge in [0, 0.05) is 18.0 Å². The van der Waals surface area contributed by atoms with Gasteiger partial charge in [0.15, 0.2) is 0 Å². The Balaban J connectivity index is 1.56. The van der Waals surface area contributed by atoms with Crippen molar-refractivity contribution in [2.75, 3.05) is 12.4 Å². The minimum Gasteiger partial charge on any atom is -0.465 e. The van der Waals surface area contributed by atoms with E-state index in [-0.39, 0.29) is 5.97 Å². The van der Waals surface area contributed by atoms with Gasteiger partial charge in [0.05, 0.1) is 36.3 Å². The predicted molar refractivity (Wildman–Crippen MR) is 111 cm³/mol. The van der Waals surface area contributed by atoms with E-state index in [0.29, 0.717) is 17.6 Å². The van der Waals surface area contributed by atoms with Crippen molar-refractivity contribution in [3.05, 3.63) is 54.0 Å². The molecule has 7 heteroatoms. The molecule has 1 aliphatic carbocycles. The molecular weight excluding hydrogens is 366 g/mol. The van der Waals surface area contributed by atoms with Gasteiger partial charge in [-0.05, 0) is 37.5 Å². The summed E-state index contributed by atoms with van der Waals surface area (Å²) in [5, 5.41) is 7.77. The van der Waals surface area contributed by atoms with Crippen LogP contribution in [-0.2, 0) is 4.74 Å². The van der Waals surface area contributed by atoms with Crippen molar-refractivity contribution >= 4 is 17.6 Å². The van der Waals surface area contributed by atoms with Gasteiger partial charge in [0.1, 0.15) is 0 Å². The van der Waals surface area contributed by atoms with Gasteiger partial charge in [-0.15, -0.1) is 0 Å². The van der Waals surface area contributed by atoms with Crippen LogP contribution in [0.4, 0.5) is 11.6 Å². The topological polar surface area (TPSA) is 81.9 Å². The molecule has 0 bridgehead atoms. The fourth-order valence-electron chi connectivity index (χ4n) is 3.78. The highest BCUT2D eigenvalue weighted by Crippen LogP contribution is 2.29. The number of hydrogen-bond acceptors (Lipinski definition) is 6. The van der Waals surface area contributed by atoms with Crippen molar-refractivity contribution in [3.8, 4) is 11.3 Å². The third kappa shape index (κ3) is 4.29. The maximum atomic E-state index is 11.8. The van der Waals surface area contributed by atoms with Crippen LogP contribution in [0.2, 0.25) is 0 Å². The third-order valence-electron chi connectivity index (χ3n) is 5.34. The maximum Gasteiger partial charge on any atom is 0.337 e. The quantitative estimate of drug-likeness (QED) is 0.636. The first-order valence-electron chi connectivity index (χ1n) is 9.97. The van der Waals surface area contributed by atoms with E-state index >= 15 is 0 Å². The van der Waals surface area contributed by atoms with Gasteiger partial charge in [0.2, 0.25) is 5.95 Å². The summed E-state index contributed by atoms with van der Waals surface area (Å²) in [4.78, 5) is 20.9. The van der Waals surface area contributed by atoms with Crippen LogP contribution in [0.3, 0.4) is 0 Å². The first-order valence-corrected chi connectivity index (χ1v) is 9.97. The molecule has 2 aromatic heterocycles. The molecule has 0 radical (unpaired) electrons. The van der Waals surface area contributed by atoms with Crippen molar-refractivity contribution in [3.63, 3.8) is 0 Å². The smallest absolute Gasteiger partial charge is 0.337 e. The van der Waals surface area contributed by atoms with Gasteiger partial charge >= 0.3 is 5.97 Å². The molecule has 1 N–H and O–H groups in total. The zero-order chi connectivity index (χ0) is 20.2. The van der Waals surface area contributed by atoms with Gasteiger partial charge in [-0.25, -0.2) is 14.8 Å². The Labute approximate surface area is 170 Å². The largest absolute Gasteiger partial charge is 0.465 e. The van der Waals surface area contributed by atoms with Crippen LogP contribution < -0.4 is 5.32 Å². The van der Waals surface area contributed by atoms with E-state index in [4.69, 9.17) is 4.74 Å². The van der Waals surface area contributed by atoms with E-state index in [1.165, 1.54) is 39.2 Å². The number of hydrogen-bond donors (Lipinski definition) is 1. The molecule has 3 aromatic rings. The number of nitrogens with one attached hydrogen (secondary N) is 1. The number of carbonyl (C=O) groups is 1. The number of nitrogens with zero attached hydrogens (tertiary/aromatic N) is 4. The molecule has 1 aromatic carbocycles. The van der Waals surface area contributed by atoms with E-state index in [2.05, 4.69) is 25.1 Å². The molecule has 4 rings (SSSR count). The lowest BCUT2D eigenvalue weighted by molar-refractivity contribution is 0.0601. The van der Waals surface area contributed by atoms with Gasteiger partial charge < -0.3 is 10.1 Å². The van der Waals surface area contributed by atoms with Crippen molar-refractivity contribution < 1.29 is 9.53 Å². The van der Waals surface area contributed by atoms with Crippen LogP contribution in [0, 0.1) is 6.92 Å². The lowest BCUT2D eigenvalue weighted by Gasteiger charge is -2.21. The summed E-state index contributed by atoms with van der Waals surface area (Å²) in [7, 11) is 1.38. The highest BCUT2D eigenvalue weighted by molar-refractivity contribution is 5.90. The van der Waals surface area contributed by atoms with Gasteiger partial charge in [0.25, 0.3) is 0 Å². The molecule has 0 aliphatic heterocycles. The molecule has 1 fully saturated rings.